The highest BCUT2D eigenvalue weighted by Crippen LogP contribution is 2.37. The molecule has 8 heteroatoms. The number of halogens is 7. The maximum atomic E-state index is 12.9. The number of hydrogen-bond donors (Lipinski definition) is 0. The summed E-state index contributed by atoms with van der Waals surface area (Å²) in [4.78, 5) is 10.00. The Balaban J connectivity index is 3.38. The van der Waals surface area contributed by atoms with Crippen LogP contribution in [-0.2, 0) is 16.9 Å². The van der Waals surface area contributed by atoms with Gasteiger partial charge in [0.05, 0.1) is 5.56 Å². The highest BCUT2D eigenvalue weighted by Gasteiger charge is 2.43. The zero-order valence-corrected chi connectivity index (χ0v) is 8.54. The van der Waals surface area contributed by atoms with Crippen LogP contribution in [0, 0.1) is 0 Å². The summed E-state index contributed by atoms with van der Waals surface area (Å²) in [6.45, 7) is 0. The molecule has 1 aromatic rings. The Labute approximate surface area is 96.0 Å². The van der Waals surface area contributed by atoms with Crippen molar-refractivity contribution >= 4 is 17.6 Å². The van der Waals surface area contributed by atoms with E-state index >= 15 is 0 Å². The minimum Gasteiger partial charge on any atom is -0.254 e. The highest BCUT2D eigenvalue weighted by molar-refractivity contribution is 6.30. The van der Waals surface area contributed by atoms with Crippen LogP contribution in [0.25, 0.3) is 0 Å². The molecule has 0 heterocycles. The van der Waals surface area contributed by atoms with Crippen molar-refractivity contribution in [2.75, 3.05) is 0 Å². The molecule has 0 amide bonds. The van der Waals surface area contributed by atoms with Gasteiger partial charge in [0.1, 0.15) is 0 Å². The summed E-state index contributed by atoms with van der Waals surface area (Å²) >= 11 is 5.20. The molecule has 1 nitrogen and oxygen atoms in total. The first kappa shape index (κ1) is 13.8. The Kier molecular flexibility index (Phi) is 3.42. The first-order valence-electron chi connectivity index (χ1n) is 4.01. The van der Waals surface area contributed by atoms with Gasteiger partial charge in [0, 0.05) is 10.6 Å². The van der Waals surface area contributed by atoms with Gasteiger partial charge in [-0.25, -0.2) is 0 Å². The maximum Gasteiger partial charge on any atom is 0.416 e. The number of hydrogen-bond acceptors (Lipinski definition) is 1. The second-order valence-corrected chi connectivity index (χ2v) is 3.51. The van der Waals surface area contributed by atoms with Crippen LogP contribution < -0.4 is 0 Å². The fourth-order valence-electron chi connectivity index (χ4n) is 1.05. The molecule has 0 spiro atoms. The lowest BCUT2D eigenvalue weighted by atomic mass is 10.1. The van der Waals surface area contributed by atoms with Gasteiger partial charge in [0.2, 0.25) is 0 Å². The highest BCUT2D eigenvalue weighted by atomic mass is 35.5. The number of benzene rings is 1. The molecule has 0 atom stereocenters. The van der Waals surface area contributed by atoms with Crippen LogP contribution in [-0.4, -0.2) is 6.04 Å². The molecule has 0 aliphatic heterocycles. The second kappa shape index (κ2) is 4.21. The molecular weight excluding hydrogens is 274 g/mol. The van der Waals surface area contributed by atoms with Crippen molar-refractivity contribution in [3.63, 3.8) is 0 Å². The van der Waals surface area contributed by atoms with E-state index in [-0.39, 0.29) is 6.07 Å². The van der Waals surface area contributed by atoms with E-state index < -0.39 is 34.3 Å². The zero-order valence-electron chi connectivity index (χ0n) is 7.79. The monoisotopic (exact) mass is 276 g/mol. The van der Waals surface area contributed by atoms with E-state index in [0.29, 0.717) is 12.1 Å². The van der Waals surface area contributed by atoms with Gasteiger partial charge < -0.3 is 0 Å². The molecule has 1 rings (SSSR count). The van der Waals surface area contributed by atoms with E-state index in [9.17, 15) is 31.1 Å². The molecule has 0 aliphatic rings. The minimum atomic E-state index is -4.92. The summed E-state index contributed by atoms with van der Waals surface area (Å²) in [7, 11) is 0. The molecule has 0 N–H and O–H groups in total. The van der Waals surface area contributed by atoms with Crippen LogP contribution in [0.4, 0.5) is 26.3 Å². The van der Waals surface area contributed by atoms with Gasteiger partial charge in [-0.1, -0.05) is 11.6 Å². The largest absolute Gasteiger partial charge is 0.416 e. The van der Waals surface area contributed by atoms with E-state index in [1.54, 1.807) is 0 Å². The second-order valence-electron chi connectivity index (χ2n) is 3.07. The molecule has 0 saturated heterocycles. The third kappa shape index (κ3) is 2.91. The van der Waals surface area contributed by atoms with Gasteiger partial charge in [-0.15, -0.1) is 0 Å². The van der Waals surface area contributed by atoms with Crippen molar-refractivity contribution in [1.29, 1.82) is 0 Å². The standard InChI is InChI=1S/C9H3ClF6O/c10-6-2-4(8(12,13)7(11)17)1-5(3-6)9(14,15)16/h1-3H. The summed E-state index contributed by atoms with van der Waals surface area (Å²) in [5, 5.41) is -0.671. The molecule has 1 aromatic carbocycles. The average Bonchev–Trinajstić information content (AvgIpc) is 2.15. The zero-order chi connectivity index (χ0) is 13.4. The van der Waals surface area contributed by atoms with Crippen LogP contribution in [0.2, 0.25) is 5.02 Å². The Hall–Kier alpha value is -1.24. The summed E-state index contributed by atoms with van der Waals surface area (Å²) < 4.78 is 74.5. The molecular formula is C9H3ClF6O. The van der Waals surface area contributed by atoms with Crippen molar-refractivity contribution in [3.05, 3.63) is 34.3 Å². The first-order chi connectivity index (χ1) is 7.55. The van der Waals surface area contributed by atoms with Crippen LogP contribution in [0.5, 0.6) is 0 Å². The Morgan fingerprint density at radius 2 is 1.47 bits per heavy atom. The molecule has 0 radical (unpaired) electrons. The fourth-order valence-corrected chi connectivity index (χ4v) is 1.28. The predicted molar refractivity (Wildman–Crippen MR) is 46.5 cm³/mol. The number of carbonyl (C=O) groups excluding carboxylic acids is 1. The number of alkyl halides is 5. The van der Waals surface area contributed by atoms with Crippen molar-refractivity contribution in [2.24, 2.45) is 0 Å². The van der Waals surface area contributed by atoms with Crippen molar-refractivity contribution in [1.82, 2.24) is 0 Å². The van der Waals surface area contributed by atoms with E-state index in [1.807, 2.05) is 0 Å². The number of rotatable bonds is 2. The van der Waals surface area contributed by atoms with E-state index in [4.69, 9.17) is 11.6 Å². The quantitative estimate of drug-likeness (QED) is 0.590. The topological polar surface area (TPSA) is 17.1 Å². The molecule has 0 bridgehead atoms. The molecule has 0 saturated carbocycles. The summed E-state index contributed by atoms with van der Waals surface area (Å²) in [6, 6.07) is -2.28. The van der Waals surface area contributed by atoms with Gasteiger partial charge in [-0.05, 0) is 18.2 Å². The fraction of sp³-hybridized carbons (Fsp3) is 0.222. The van der Waals surface area contributed by atoms with Crippen molar-refractivity contribution in [2.45, 2.75) is 12.1 Å². The average molecular weight is 277 g/mol. The third-order valence-electron chi connectivity index (χ3n) is 1.83. The lowest BCUT2D eigenvalue weighted by molar-refractivity contribution is -0.157. The maximum absolute atomic E-state index is 12.9. The van der Waals surface area contributed by atoms with Crippen LogP contribution in [0.1, 0.15) is 11.1 Å². The smallest absolute Gasteiger partial charge is 0.254 e. The predicted octanol–water partition coefficient (Wildman–Crippen LogP) is 3.95. The molecule has 94 valence electrons. The van der Waals surface area contributed by atoms with Crippen LogP contribution in [0.15, 0.2) is 18.2 Å². The van der Waals surface area contributed by atoms with E-state index in [0.717, 1.165) is 0 Å². The van der Waals surface area contributed by atoms with Gasteiger partial charge >= 0.3 is 18.1 Å². The van der Waals surface area contributed by atoms with E-state index in [1.165, 1.54) is 0 Å². The summed E-state index contributed by atoms with van der Waals surface area (Å²) in [6.07, 6.45) is -4.92. The third-order valence-corrected chi connectivity index (χ3v) is 2.05. The minimum absolute atomic E-state index is 0.0244. The van der Waals surface area contributed by atoms with Gasteiger partial charge in [0.15, 0.2) is 0 Å². The van der Waals surface area contributed by atoms with Crippen molar-refractivity contribution < 1.29 is 31.1 Å². The van der Waals surface area contributed by atoms with Gasteiger partial charge in [0.25, 0.3) is 0 Å². The first-order valence-corrected chi connectivity index (χ1v) is 4.39. The normalized spacial score (nSPS) is 12.6. The van der Waals surface area contributed by atoms with Gasteiger partial charge in [-0.2, -0.15) is 26.3 Å². The lowest BCUT2D eigenvalue weighted by Crippen LogP contribution is -2.23. The molecule has 0 unspecified atom stereocenters. The van der Waals surface area contributed by atoms with Crippen LogP contribution >= 0.6 is 11.6 Å². The molecule has 0 aromatic heterocycles. The van der Waals surface area contributed by atoms with E-state index in [2.05, 4.69) is 0 Å². The molecule has 0 fully saturated rings. The lowest BCUT2D eigenvalue weighted by Gasteiger charge is -2.14. The van der Waals surface area contributed by atoms with Gasteiger partial charge in [-0.3, -0.25) is 4.79 Å². The van der Waals surface area contributed by atoms with Crippen molar-refractivity contribution in [3.8, 4) is 0 Å². The number of carbonyl (C=O) groups is 1. The van der Waals surface area contributed by atoms with Crippen LogP contribution in [0.3, 0.4) is 0 Å². The molecule has 17 heavy (non-hydrogen) atoms. The Bertz CT molecular complexity index is 453. The Morgan fingerprint density at radius 3 is 1.88 bits per heavy atom. The SMILES string of the molecule is O=C(F)C(F)(F)c1cc(Cl)cc(C(F)(F)F)c1. The summed E-state index contributed by atoms with van der Waals surface area (Å²) in [5.41, 5.74) is -2.93. The Morgan fingerprint density at radius 1 is 1.00 bits per heavy atom. The summed E-state index contributed by atoms with van der Waals surface area (Å²) in [5.74, 6) is -4.65. The molecule has 0 aliphatic carbocycles.